The molecule has 0 heterocycles. The highest BCUT2D eigenvalue weighted by Crippen LogP contribution is 2.14. The van der Waals surface area contributed by atoms with Crippen LogP contribution in [0.25, 0.3) is 0 Å². The summed E-state index contributed by atoms with van der Waals surface area (Å²) in [5, 5.41) is 0. The number of aliphatic imine (C=N–C) groups is 1. The molecule has 0 aromatic heterocycles. The van der Waals surface area contributed by atoms with Crippen LogP contribution in [0.15, 0.2) is 35.3 Å². The van der Waals surface area contributed by atoms with E-state index in [1.807, 2.05) is 12.3 Å². The first-order valence-corrected chi connectivity index (χ1v) is 4.91. The van der Waals surface area contributed by atoms with E-state index >= 15 is 0 Å². The second-order valence-corrected chi connectivity index (χ2v) is 3.21. The van der Waals surface area contributed by atoms with Gasteiger partial charge in [-0.05, 0) is 25.1 Å². The zero-order valence-electron chi connectivity index (χ0n) is 8.40. The summed E-state index contributed by atoms with van der Waals surface area (Å²) in [7, 11) is 0. The maximum Gasteiger partial charge on any atom is 0.0716 e. The molecule has 0 amide bonds. The highest BCUT2D eigenvalue weighted by molar-refractivity contribution is 5.57. The quantitative estimate of drug-likeness (QED) is 0.620. The molecule has 0 fully saturated rings. The Morgan fingerprint density at radius 1 is 1.31 bits per heavy atom. The van der Waals surface area contributed by atoms with Crippen LogP contribution in [0.5, 0.6) is 0 Å². The molecule has 1 aromatic rings. The van der Waals surface area contributed by atoms with Crippen LogP contribution in [0, 0.1) is 0 Å². The molecule has 1 rings (SSSR count). The average molecular weight is 175 g/mol. The standard InChI is InChI=1S/C12H17N/c1-3-4-10-13-11(2)12-8-6-5-7-9-12/h5-11H,3-4H2,1-2H3/t11-/m1/s1. The Morgan fingerprint density at radius 3 is 2.62 bits per heavy atom. The molecule has 0 aliphatic heterocycles. The van der Waals surface area contributed by atoms with E-state index in [4.69, 9.17) is 0 Å². The molecule has 0 spiro atoms. The van der Waals surface area contributed by atoms with Crippen LogP contribution in [-0.4, -0.2) is 6.21 Å². The van der Waals surface area contributed by atoms with Crippen LogP contribution in [0.1, 0.15) is 38.3 Å². The van der Waals surface area contributed by atoms with Crippen molar-refractivity contribution >= 4 is 6.21 Å². The molecule has 0 aliphatic carbocycles. The van der Waals surface area contributed by atoms with Crippen LogP contribution in [0.3, 0.4) is 0 Å². The lowest BCUT2D eigenvalue weighted by molar-refractivity contribution is 0.817. The van der Waals surface area contributed by atoms with Crippen molar-refractivity contribution in [2.45, 2.75) is 32.7 Å². The first-order chi connectivity index (χ1) is 6.34. The summed E-state index contributed by atoms with van der Waals surface area (Å²) in [6.45, 7) is 4.29. The summed E-state index contributed by atoms with van der Waals surface area (Å²) in [6, 6.07) is 10.7. The van der Waals surface area contributed by atoms with Crippen LogP contribution >= 0.6 is 0 Å². The van der Waals surface area contributed by atoms with Gasteiger partial charge in [-0.25, -0.2) is 0 Å². The van der Waals surface area contributed by atoms with Gasteiger partial charge in [-0.1, -0.05) is 43.7 Å². The second-order valence-electron chi connectivity index (χ2n) is 3.21. The van der Waals surface area contributed by atoms with Crippen LogP contribution in [-0.2, 0) is 0 Å². The highest BCUT2D eigenvalue weighted by atomic mass is 14.7. The third-order valence-electron chi connectivity index (χ3n) is 2.03. The molecule has 1 atom stereocenters. The van der Waals surface area contributed by atoms with Gasteiger partial charge in [0, 0.05) is 0 Å². The topological polar surface area (TPSA) is 12.4 Å². The largest absolute Gasteiger partial charge is 0.290 e. The van der Waals surface area contributed by atoms with E-state index in [-0.39, 0.29) is 0 Å². The first-order valence-electron chi connectivity index (χ1n) is 4.91. The minimum atomic E-state index is 0.299. The molecule has 1 heteroatoms. The number of unbranched alkanes of at least 4 members (excludes halogenated alkanes) is 1. The van der Waals surface area contributed by atoms with Crippen molar-refractivity contribution in [3.63, 3.8) is 0 Å². The van der Waals surface area contributed by atoms with Crippen molar-refractivity contribution in [2.75, 3.05) is 0 Å². The molecule has 1 nitrogen and oxygen atoms in total. The predicted octanol–water partition coefficient (Wildman–Crippen LogP) is 3.62. The molecule has 0 N–H and O–H groups in total. The molecule has 70 valence electrons. The first kappa shape index (κ1) is 9.97. The fraction of sp³-hybridized carbons (Fsp3) is 0.417. The Morgan fingerprint density at radius 2 is 2.00 bits per heavy atom. The van der Waals surface area contributed by atoms with Crippen molar-refractivity contribution in [2.24, 2.45) is 4.99 Å². The Bertz CT molecular complexity index is 251. The summed E-state index contributed by atoms with van der Waals surface area (Å²) >= 11 is 0. The van der Waals surface area contributed by atoms with Crippen molar-refractivity contribution in [1.29, 1.82) is 0 Å². The van der Waals surface area contributed by atoms with Gasteiger partial charge in [-0.3, -0.25) is 4.99 Å². The lowest BCUT2D eigenvalue weighted by Crippen LogP contribution is -1.89. The van der Waals surface area contributed by atoms with E-state index in [1.165, 1.54) is 12.0 Å². The molecular weight excluding hydrogens is 158 g/mol. The number of rotatable bonds is 4. The summed E-state index contributed by atoms with van der Waals surface area (Å²) in [4.78, 5) is 4.46. The Balaban J connectivity index is 2.53. The Hall–Kier alpha value is -1.11. The van der Waals surface area contributed by atoms with Crippen LogP contribution in [0.2, 0.25) is 0 Å². The highest BCUT2D eigenvalue weighted by Gasteiger charge is 1.98. The van der Waals surface area contributed by atoms with Gasteiger partial charge in [-0.15, -0.1) is 0 Å². The zero-order chi connectivity index (χ0) is 9.52. The van der Waals surface area contributed by atoms with E-state index in [0.29, 0.717) is 6.04 Å². The lowest BCUT2D eigenvalue weighted by atomic mass is 10.1. The SMILES string of the molecule is CCCC=N[C@H](C)c1ccccc1. The van der Waals surface area contributed by atoms with E-state index in [0.717, 1.165) is 6.42 Å². The normalized spacial score (nSPS) is 13.4. The fourth-order valence-corrected chi connectivity index (χ4v) is 1.18. The number of hydrogen-bond donors (Lipinski definition) is 0. The van der Waals surface area contributed by atoms with Crippen molar-refractivity contribution < 1.29 is 0 Å². The van der Waals surface area contributed by atoms with Gasteiger partial charge < -0.3 is 0 Å². The minimum absolute atomic E-state index is 0.299. The van der Waals surface area contributed by atoms with Crippen molar-refractivity contribution in [3.05, 3.63) is 35.9 Å². The molecule has 0 saturated heterocycles. The minimum Gasteiger partial charge on any atom is -0.290 e. The molecule has 0 aliphatic rings. The van der Waals surface area contributed by atoms with Gasteiger partial charge >= 0.3 is 0 Å². The monoisotopic (exact) mass is 175 g/mol. The van der Waals surface area contributed by atoms with Crippen LogP contribution < -0.4 is 0 Å². The van der Waals surface area contributed by atoms with E-state index in [2.05, 4.69) is 43.1 Å². The zero-order valence-corrected chi connectivity index (χ0v) is 8.40. The maximum absolute atomic E-state index is 4.46. The van der Waals surface area contributed by atoms with Gasteiger partial charge in [0.15, 0.2) is 0 Å². The molecular formula is C12H17N. The number of nitrogens with zero attached hydrogens (tertiary/aromatic N) is 1. The van der Waals surface area contributed by atoms with Crippen LogP contribution in [0.4, 0.5) is 0 Å². The third kappa shape index (κ3) is 3.41. The van der Waals surface area contributed by atoms with Crippen molar-refractivity contribution in [3.8, 4) is 0 Å². The van der Waals surface area contributed by atoms with Gasteiger partial charge in [0.1, 0.15) is 0 Å². The molecule has 1 aromatic carbocycles. The molecule has 13 heavy (non-hydrogen) atoms. The van der Waals surface area contributed by atoms with Gasteiger partial charge in [0.2, 0.25) is 0 Å². The van der Waals surface area contributed by atoms with Crippen molar-refractivity contribution in [1.82, 2.24) is 0 Å². The Labute approximate surface area is 80.5 Å². The summed E-state index contributed by atoms with van der Waals surface area (Å²) in [6.07, 6.45) is 4.28. The van der Waals surface area contributed by atoms with Gasteiger partial charge in [0.25, 0.3) is 0 Å². The molecule has 0 radical (unpaired) electrons. The number of hydrogen-bond acceptors (Lipinski definition) is 1. The van der Waals surface area contributed by atoms with E-state index in [9.17, 15) is 0 Å². The molecule has 0 bridgehead atoms. The summed E-state index contributed by atoms with van der Waals surface area (Å²) in [5.74, 6) is 0. The van der Waals surface area contributed by atoms with Gasteiger partial charge in [-0.2, -0.15) is 0 Å². The Kier molecular flexibility index (Phi) is 4.24. The fourth-order valence-electron chi connectivity index (χ4n) is 1.18. The molecule has 0 saturated carbocycles. The predicted molar refractivity (Wildman–Crippen MR) is 58.3 cm³/mol. The lowest BCUT2D eigenvalue weighted by Gasteiger charge is -2.04. The second kappa shape index (κ2) is 5.52. The van der Waals surface area contributed by atoms with E-state index < -0.39 is 0 Å². The summed E-state index contributed by atoms with van der Waals surface area (Å²) < 4.78 is 0. The summed E-state index contributed by atoms with van der Waals surface area (Å²) in [5.41, 5.74) is 1.29. The smallest absolute Gasteiger partial charge is 0.0716 e. The maximum atomic E-state index is 4.46. The van der Waals surface area contributed by atoms with E-state index in [1.54, 1.807) is 0 Å². The molecule has 0 unspecified atom stereocenters. The number of benzene rings is 1. The average Bonchev–Trinajstić information content (AvgIpc) is 2.19. The van der Waals surface area contributed by atoms with Gasteiger partial charge in [0.05, 0.1) is 6.04 Å². The third-order valence-corrected chi connectivity index (χ3v) is 2.03.